The Morgan fingerprint density at radius 2 is 2.17 bits per heavy atom. The van der Waals surface area contributed by atoms with E-state index in [4.69, 9.17) is 5.73 Å². The summed E-state index contributed by atoms with van der Waals surface area (Å²) in [6.45, 7) is 3.16. The van der Waals surface area contributed by atoms with Crippen molar-refractivity contribution in [3.8, 4) is 11.1 Å². The molecule has 3 nitrogen and oxygen atoms in total. The van der Waals surface area contributed by atoms with E-state index < -0.39 is 0 Å². The molecule has 0 aliphatic heterocycles. The number of rotatable bonds is 6. The monoisotopic (exact) mass is 261 g/mol. The number of thioether (sulfide) groups is 1. The van der Waals surface area contributed by atoms with Crippen LogP contribution in [0.4, 0.5) is 5.69 Å². The Kier molecular flexibility index (Phi) is 4.70. The second-order valence-electron chi connectivity index (χ2n) is 4.13. The lowest BCUT2D eigenvalue weighted by Gasteiger charge is -2.02. The van der Waals surface area contributed by atoms with E-state index >= 15 is 0 Å². The molecule has 0 radical (unpaired) electrons. The zero-order valence-corrected chi connectivity index (χ0v) is 11.5. The number of hydrogen-bond acceptors (Lipinski definition) is 3. The number of aryl methyl sites for hydroxylation is 1. The maximum absolute atomic E-state index is 5.96. The zero-order valence-electron chi connectivity index (χ0n) is 10.7. The Balaban J connectivity index is 2.00. The topological polar surface area (TPSA) is 43.8 Å². The van der Waals surface area contributed by atoms with Crippen LogP contribution in [-0.2, 0) is 6.54 Å². The van der Waals surface area contributed by atoms with E-state index in [1.807, 2.05) is 46.9 Å². The number of aromatic nitrogens is 2. The van der Waals surface area contributed by atoms with Gasteiger partial charge in [-0.25, -0.2) is 0 Å². The van der Waals surface area contributed by atoms with Crippen molar-refractivity contribution in [3.63, 3.8) is 0 Å². The van der Waals surface area contributed by atoms with Crippen LogP contribution >= 0.6 is 11.8 Å². The highest BCUT2D eigenvalue weighted by Gasteiger charge is 2.04. The third-order valence-electron chi connectivity index (χ3n) is 2.79. The molecular weight excluding hydrogens is 242 g/mol. The minimum absolute atomic E-state index is 0.804. The minimum Gasteiger partial charge on any atom is -0.398 e. The van der Waals surface area contributed by atoms with E-state index in [0.717, 1.165) is 29.8 Å². The molecule has 0 saturated heterocycles. The molecular formula is C14H19N3S. The van der Waals surface area contributed by atoms with Gasteiger partial charge in [-0.2, -0.15) is 16.9 Å². The Bertz CT molecular complexity index is 493. The zero-order chi connectivity index (χ0) is 12.8. The van der Waals surface area contributed by atoms with Gasteiger partial charge in [0.05, 0.1) is 6.20 Å². The summed E-state index contributed by atoms with van der Waals surface area (Å²) >= 11 is 1.97. The Hall–Kier alpha value is -1.42. The lowest BCUT2D eigenvalue weighted by atomic mass is 10.1. The predicted octanol–water partition coefficient (Wildman–Crippen LogP) is 3.28. The van der Waals surface area contributed by atoms with Gasteiger partial charge < -0.3 is 5.73 Å². The molecule has 0 atom stereocenters. The van der Waals surface area contributed by atoms with Crippen molar-refractivity contribution in [1.29, 1.82) is 0 Å². The smallest absolute Gasteiger partial charge is 0.0569 e. The third kappa shape index (κ3) is 3.29. The van der Waals surface area contributed by atoms with Gasteiger partial charge in [0, 0.05) is 29.6 Å². The molecule has 1 aromatic heterocycles. The maximum atomic E-state index is 5.96. The van der Waals surface area contributed by atoms with Crippen molar-refractivity contribution in [3.05, 3.63) is 36.7 Å². The normalized spacial score (nSPS) is 10.7. The van der Waals surface area contributed by atoms with Crippen LogP contribution in [0.2, 0.25) is 0 Å². The van der Waals surface area contributed by atoms with Crippen LogP contribution in [-0.4, -0.2) is 21.3 Å². The van der Waals surface area contributed by atoms with E-state index in [2.05, 4.69) is 18.2 Å². The van der Waals surface area contributed by atoms with Gasteiger partial charge >= 0.3 is 0 Å². The van der Waals surface area contributed by atoms with Gasteiger partial charge in [0.1, 0.15) is 0 Å². The second kappa shape index (κ2) is 6.50. The van der Waals surface area contributed by atoms with Gasteiger partial charge in [0.15, 0.2) is 0 Å². The summed E-state index contributed by atoms with van der Waals surface area (Å²) < 4.78 is 2.00. The van der Waals surface area contributed by atoms with Gasteiger partial charge in [-0.15, -0.1) is 0 Å². The summed E-state index contributed by atoms with van der Waals surface area (Å²) in [7, 11) is 0. The molecule has 0 amide bonds. The van der Waals surface area contributed by atoms with Crippen LogP contribution in [0.1, 0.15) is 13.3 Å². The van der Waals surface area contributed by atoms with Crippen LogP contribution < -0.4 is 5.73 Å². The lowest BCUT2D eigenvalue weighted by Crippen LogP contribution is -1.99. The summed E-state index contributed by atoms with van der Waals surface area (Å²) in [4.78, 5) is 0. The first kappa shape index (κ1) is 13.0. The van der Waals surface area contributed by atoms with E-state index in [1.165, 1.54) is 11.5 Å². The number of benzene rings is 1. The van der Waals surface area contributed by atoms with Crippen LogP contribution in [0.3, 0.4) is 0 Å². The number of nitrogens with two attached hydrogens (primary N) is 1. The van der Waals surface area contributed by atoms with E-state index in [1.54, 1.807) is 0 Å². The first-order valence-corrected chi connectivity index (χ1v) is 7.42. The highest BCUT2D eigenvalue weighted by molar-refractivity contribution is 7.99. The minimum atomic E-state index is 0.804. The molecule has 0 saturated carbocycles. The molecule has 18 heavy (non-hydrogen) atoms. The molecule has 2 rings (SSSR count). The number of para-hydroxylation sites is 1. The number of hydrogen-bond donors (Lipinski definition) is 1. The largest absolute Gasteiger partial charge is 0.398 e. The average Bonchev–Trinajstić information content (AvgIpc) is 2.84. The SMILES string of the molecule is CCSCCCn1cc(-c2ccccc2N)cn1. The van der Waals surface area contributed by atoms with Crippen LogP contribution in [0.25, 0.3) is 11.1 Å². The van der Waals surface area contributed by atoms with Crippen LogP contribution in [0.15, 0.2) is 36.7 Å². The van der Waals surface area contributed by atoms with E-state index in [0.29, 0.717) is 0 Å². The van der Waals surface area contributed by atoms with Crippen molar-refractivity contribution in [2.45, 2.75) is 19.9 Å². The van der Waals surface area contributed by atoms with Gasteiger partial charge in [-0.1, -0.05) is 25.1 Å². The first-order valence-electron chi connectivity index (χ1n) is 6.26. The Morgan fingerprint density at radius 1 is 1.33 bits per heavy atom. The lowest BCUT2D eigenvalue weighted by molar-refractivity contribution is 0.606. The molecule has 1 heterocycles. The predicted molar refractivity (Wildman–Crippen MR) is 79.7 cm³/mol. The summed E-state index contributed by atoms with van der Waals surface area (Å²) in [5, 5.41) is 4.38. The molecule has 2 N–H and O–H groups in total. The highest BCUT2D eigenvalue weighted by Crippen LogP contribution is 2.24. The van der Waals surface area contributed by atoms with Crippen molar-refractivity contribution in [2.24, 2.45) is 0 Å². The summed E-state index contributed by atoms with van der Waals surface area (Å²) in [5.74, 6) is 2.38. The fourth-order valence-electron chi connectivity index (χ4n) is 1.86. The molecule has 0 unspecified atom stereocenters. The van der Waals surface area contributed by atoms with Crippen molar-refractivity contribution < 1.29 is 0 Å². The summed E-state index contributed by atoms with van der Waals surface area (Å²) in [6, 6.07) is 7.90. The Morgan fingerprint density at radius 3 is 2.94 bits per heavy atom. The third-order valence-corrected chi connectivity index (χ3v) is 3.77. The van der Waals surface area contributed by atoms with Gasteiger partial charge in [0.25, 0.3) is 0 Å². The van der Waals surface area contributed by atoms with E-state index in [9.17, 15) is 0 Å². The molecule has 4 heteroatoms. The number of anilines is 1. The molecule has 0 bridgehead atoms. The van der Waals surface area contributed by atoms with Crippen LogP contribution in [0.5, 0.6) is 0 Å². The number of nitrogen functional groups attached to an aromatic ring is 1. The second-order valence-corrected chi connectivity index (χ2v) is 5.52. The maximum Gasteiger partial charge on any atom is 0.0569 e. The van der Waals surface area contributed by atoms with E-state index in [-0.39, 0.29) is 0 Å². The molecule has 0 aliphatic carbocycles. The molecule has 96 valence electrons. The van der Waals surface area contributed by atoms with Crippen LogP contribution in [0, 0.1) is 0 Å². The fraction of sp³-hybridized carbons (Fsp3) is 0.357. The highest BCUT2D eigenvalue weighted by atomic mass is 32.2. The first-order chi connectivity index (χ1) is 8.81. The average molecular weight is 261 g/mol. The number of nitrogens with zero attached hydrogens (tertiary/aromatic N) is 2. The van der Waals surface area contributed by atoms with Crippen molar-refractivity contribution in [1.82, 2.24) is 9.78 Å². The molecule has 1 aromatic carbocycles. The standard InChI is InChI=1S/C14H19N3S/c1-2-18-9-5-8-17-11-12(10-16-17)13-6-3-4-7-14(13)15/h3-4,6-7,10-11H,2,5,8-9,15H2,1H3. The Labute approximate surface area is 112 Å². The quantitative estimate of drug-likeness (QED) is 0.641. The molecule has 0 fully saturated rings. The van der Waals surface area contributed by atoms with Gasteiger partial charge in [0.2, 0.25) is 0 Å². The fourth-order valence-corrected chi connectivity index (χ4v) is 2.48. The van der Waals surface area contributed by atoms with Crippen molar-refractivity contribution >= 4 is 17.4 Å². The van der Waals surface area contributed by atoms with Gasteiger partial charge in [-0.3, -0.25) is 4.68 Å². The molecule has 2 aromatic rings. The molecule has 0 aliphatic rings. The van der Waals surface area contributed by atoms with Crippen molar-refractivity contribution in [2.75, 3.05) is 17.2 Å². The van der Waals surface area contributed by atoms with Gasteiger partial charge in [-0.05, 0) is 24.0 Å². The summed E-state index contributed by atoms with van der Waals surface area (Å²) in [6.07, 6.45) is 5.12. The molecule has 0 spiro atoms. The summed E-state index contributed by atoms with van der Waals surface area (Å²) in [5.41, 5.74) is 8.92.